The molecular weight excluding hydrogens is 371 g/mol. The highest BCUT2D eigenvalue weighted by Crippen LogP contribution is 2.37. The largest absolute Gasteiger partial charge is 0.416 e. The standard InChI is InChI=1S/C20H18F3N3O2/c1-11-17-9-14(10-24-18(17)28-25-11)19(27)26(16-6-7-16)12(2)13-4-3-5-15(8-13)20(21,22)23/h3-5,8-10,12,16H,6-7H2,1-2H3/t12-/m0/s1. The molecule has 1 aliphatic carbocycles. The predicted octanol–water partition coefficient (Wildman–Crippen LogP) is 4.92. The first-order chi connectivity index (χ1) is 13.3. The van der Waals surface area contributed by atoms with Crippen LogP contribution in [0.2, 0.25) is 0 Å². The molecule has 1 amide bonds. The summed E-state index contributed by atoms with van der Waals surface area (Å²) in [6.07, 6.45) is -1.34. The van der Waals surface area contributed by atoms with Crippen molar-refractivity contribution in [2.45, 2.75) is 44.9 Å². The van der Waals surface area contributed by atoms with Crippen molar-refractivity contribution in [3.05, 3.63) is 58.9 Å². The molecule has 2 heterocycles. The molecule has 0 unspecified atom stereocenters. The van der Waals surface area contributed by atoms with Crippen LogP contribution in [0.5, 0.6) is 0 Å². The molecule has 0 bridgehead atoms. The fraction of sp³-hybridized carbons (Fsp3) is 0.350. The third kappa shape index (κ3) is 3.34. The molecule has 5 nitrogen and oxygen atoms in total. The number of nitrogens with zero attached hydrogens (tertiary/aromatic N) is 3. The normalized spacial score (nSPS) is 15.6. The lowest BCUT2D eigenvalue weighted by Gasteiger charge is -2.30. The number of aromatic nitrogens is 2. The fourth-order valence-corrected chi connectivity index (χ4v) is 3.36. The van der Waals surface area contributed by atoms with E-state index in [-0.39, 0.29) is 11.9 Å². The zero-order valence-corrected chi connectivity index (χ0v) is 15.3. The summed E-state index contributed by atoms with van der Waals surface area (Å²) in [6.45, 7) is 3.51. The SMILES string of the molecule is Cc1noc2ncc(C(=O)N(C3CC3)[C@@H](C)c3cccc(C(F)(F)F)c3)cc12. The summed E-state index contributed by atoms with van der Waals surface area (Å²) in [6, 6.07) is 6.32. The Hall–Kier alpha value is -2.90. The molecule has 146 valence electrons. The molecule has 1 saturated carbocycles. The van der Waals surface area contributed by atoms with Crippen LogP contribution in [0.3, 0.4) is 0 Å². The van der Waals surface area contributed by atoms with Gasteiger partial charge in [-0.1, -0.05) is 17.3 Å². The van der Waals surface area contributed by atoms with Crippen molar-refractivity contribution in [2.75, 3.05) is 0 Å². The quantitative estimate of drug-likeness (QED) is 0.636. The van der Waals surface area contributed by atoms with Crippen LogP contribution >= 0.6 is 0 Å². The van der Waals surface area contributed by atoms with Gasteiger partial charge in [0.15, 0.2) is 0 Å². The molecule has 8 heteroatoms. The second-order valence-electron chi connectivity index (χ2n) is 7.09. The smallest absolute Gasteiger partial charge is 0.336 e. The summed E-state index contributed by atoms with van der Waals surface area (Å²) < 4.78 is 44.3. The van der Waals surface area contributed by atoms with Crippen molar-refractivity contribution >= 4 is 17.0 Å². The summed E-state index contributed by atoms with van der Waals surface area (Å²) in [7, 11) is 0. The van der Waals surface area contributed by atoms with E-state index in [0.29, 0.717) is 27.9 Å². The summed E-state index contributed by atoms with van der Waals surface area (Å²) in [5, 5.41) is 4.48. The second kappa shape index (κ2) is 6.61. The average molecular weight is 389 g/mol. The molecular formula is C20H18F3N3O2. The number of alkyl halides is 3. The van der Waals surface area contributed by atoms with Gasteiger partial charge in [-0.05, 0) is 50.5 Å². The second-order valence-corrected chi connectivity index (χ2v) is 7.09. The van der Waals surface area contributed by atoms with E-state index in [1.54, 1.807) is 30.9 Å². The number of halogens is 3. The van der Waals surface area contributed by atoms with E-state index < -0.39 is 17.8 Å². The van der Waals surface area contributed by atoms with Gasteiger partial charge < -0.3 is 9.42 Å². The zero-order chi connectivity index (χ0) is 20.1. The van der Waals surface area contributed by atoms with Crippen molar-refractivity contribution < 1.29 is 22.5 Å². The maximum absolute atomic E-state index is 13.2. The maximum atomic E-state index is 13.2. The van der Waals surface area contributed by atoms with Crippen LogP contribution in [0.15, 0.2) is 41.1 Å². The number of carbonyl (C=O) groups excluding carboxylic acids is 1. The van der Waals surface area contributed by atoms with Crippen molar-refractivity contribution in [1.29, 1.82) is 0 Å². The Labute approximate surface area is 159 Å². The van der Waals surface area contributed by atoms with Crippen LogP contribution in [0.4, 0.5) is 13.2 Å². The topological polar surface area (TPSA) is 59.2 Å². The number of amides is 1. The fourth-order valence-electron chi connectivity index (χ4n) is 3.36. The highest BCUT2D eigenvalue weighted by Gasteiger charge is 2.38. The van der Waals surface area contributed by atoms with Crippen molar-refractivity contribution in [3.8, 4) is 0 Å². The highest BCUT2D eigenvalue weighted by molar-refractivity contribution is 5.97. The lowest BCUT2D eigenvalue weighted by atomic mass is 10.0. The lowest BCUT2D eigenvalue weighted by Crippen LogP contribution is -2.35. The molecule has 1 aromatic carbocycles. The number of pyridine rings is 1. The Morgan fingerprint density at radius 2 is 2.04 bits per heavy atom. The van der Waals surface area contributed by atoms with Gasteiger partial charge in [0.1, 0.15) is 0 Å². The van der Waals surface area contributed by atoms with Crippen LogP contribution in [-0.4, -0.2) is 27.0 Å². The third-order valence-corrected chi connectivity index (χ3v) is 5.05. The monoisotopic (exact) mass is 389 g/mol. The van der Waals surface area contributed by atoms with E-state index >= 15 is 0 Å². The Bertz CT molecular complexity index is 1040. The molecule has 3 aromatic rings. The number of fused-ring (bicyclic) bond motifs is 1. The molecule has 0 aliphatic heterocycles. The first kappa shape index (κ1) is 18.5. The van der Waals surface area contributed by atoms with E-state index in [9.17, 15) is 18.0 Å². The summed E-state index contributed by atoms with van der Waals surface area (Å²) >= 11 is 0. The van der Waals surface area contributed by atoms with E-state index in [1.807, 2.05) is 0 Å². The number of hydrogen-bond donors (Lipinski definition) is 0. The lowest BCUT2D eigenvalue weighted by molar-refractivity contribution is -0.137. The number of aryl methyl sites for hydroxylation is 1. The Morgan fingerprint density at radius 3 is 2.71 bits per heavy atom. The van der Waals surface area contributed by atoms with Gasteiger partial charge in [-0.25, -0.2) is 4.98 Å². The van der Waals surface area contributed by atoms with Gasteiger partial charge in [-0.15, -0.1) is 0 Å². The summed E-state index contributed by atoms with van der Waals surface area (Å²) in [5.41, 5.74) is 1.07. The van der Waals surface area contributed by atoms with E-state index in [2.05, 4.69) is 10.1 Å². The maximum Gasteiger partial charge on any atom is 0.416 e. The Kier molecular flexibility index (Phi) is 4.36. The minimum absolute atomic E-state index is 0.0105. The molecule has 2 aromatic heterocycles. The molecule has 0 spiro atoms. The molecule has 1 aliphatic rings. The van der Waals surface area contributed by atoms with Gasteiger partial charge in [-0.2, -0.15) is 13.2 Å². The van der Waals surface area contributed by atoms with Gasteiger partial charge in [0.2, 0.25) is 0 Å². The number of carbonyl (C=O) groups is 1. The third-order valence-electron chi connectivity index (χ3n) is 5.05. The van der Waals surface area contributed by atoms with Crippen LogP contribution < -0.4 is 0 Å². The van der Waals surface area contributed by atoms with Crippen molar-refractivity contribution in [1.82, 2.24) is 15.0 Å². The van der Waals surface area contributed by atoms with E-state index in [4.69, 9.17) is 4.52 Å². The van der Waals surface area contributed by atoms with E-state index in [1.165, 1.54) is 12.3 Å². The molecule has 1 fully saturated rings. The predicted molar refractivity (Wildman–Crippen MR) is 95.6 cm³/mol. The van der Waals surface area contributed by atoms with E-state index in [0.717, 1.165) is 25.0 Å². The number of benzene rings is 1. The van der Waals surface area contributed by atoms with Gasteiger partial charge in [-0.3, -0.25) is 4.79 Å². The van der Waals surface area contributed by atoms with Crippen LogP contribution in [0.1, 0.15) is 53.0 Å². The molecule has 28 heavy (non-hydrogen) atoms. The van der Waals surface area contributed by atoms with Gasteiger partial charge in [0, 0.05) is 12.2 Å². The summed E-state index contributed by atoms with van der Waals surface area (Å²) in [5.74, 6) is -0.262. The molecule has 0 N–H and O–H groups in total. The zero-order valence-electron chi connectivity index (χ0n) is 15.3. The first-order valence-electron chi connectivity index (χ1n) is 8.97. The molecule has 1 atom stereocenters. The molecule has 4 rings (SSSR count). The minimum atomic E-state index is -4.43. The number of hydrogen-bond acceptors (Lipinski definition) is 4. The molecule has 0 radical (unpaired) electrons. The Morgan fingerprint density at radius 1 is 1.29 bits per heavy atom. The first-order valence-corrected chi connectivity index (χ1v) is 8.97. The van der Waals surface area contributed by atoms with Crippen molar-refractivity contribution in [2.24, 2.45) is 0 Å². The van der Waals surface area contributed by atoms with Crippen LogP contribution in [-0.2, 0) is 6.18 Å². The number of rotatable bonds is 4. The minimum Gasteiger partial charge on any atom is -0.336 e. The average Bonchev–Trinajstić information content (AvgIpc) is 3.43. The summed E-state index contributed by atoms with van der Waals surface area (Å²) in [4.78, 5) is 19.0. The Balaban J connectivity index is 1.68. The molecule has 0 saturated heterocycles. The van der Waals surface area contributed by atoms with Gasteiger partial charge in [0.25, 0.3) is 11.6 Å². The van der Waals surface area contributed by atoms with Gasteiger partial charge in [0.05, 0.1) is 28.2 Å². The highest BCUT2D eigenvalue weighted by atomic mass is 19.4. The van der Waals surface area contributed by atoms with Crippen molar-refractivity contribution in [3.63, 3.8) is 0 Å². The van der Waals surface area contributed by atoms with Gasteiger partial charge >= 0.3 is 6.18 Å². The van der Waals surface area contributed by atoms with Crippen LogP contribution in [0, 0.1) is 6.92 Å². The van der Waals surface area contributed by atoms with Crippen LogP contribution in [0.25, 0.3) is 11.1 Å².